The van der Waals surface area contributed by atoms with E-state index in [1.165, 1.54) is 44.3 Å². The van der Waals surface area contributed by atoms with E-state index >= 15 is 0 Å². The van der Waals surface area contributed by atoms with Crippen molar-refractivity contribution >= 4 is 56.2 Å². The smallest absolute Gasteiger partial charge is 0.294 e. The summed E-state index contributed by atoms with van der Waals surface area (Å²) < 4.78 is 9.32. The summed E-state index contributed by atoms with van der Waals surface area (Å²) >= 11 is 0. The van der Waals surface area contributed by atoms with Gasteiger partial charge < -0.3 is 9.80 Å². The van der Waals surface area contributed by atoms with Crippen LogP contribution in [0.15, 0.2) is 364 Å². The number of benzene rings is 14. The Hall–Kier alpha value is -12.4. The molecule has 0 N–H and O–H groups in total. The number of fused-ring (bicyclic) bond motifs is 2. The molecule has 6 nitrogen and oxygen atoms in total. The molecule has 14 aromatic carbocycles. The van der Waals surface area contributed by atoms with E-state index < -0.39 is 0 Å². The van der Waals surface area contributed by atoms with Gasteiger partial charge in [-0.3, -0.25) is 0 Å². The molecular formula is C88H66N6+2. The van der Waals surface area contributed by atoms with Crippen LogP contribution < -0.4 is 18.9 Å². The second-order valence-corrected chi connectivity index (χ2v) is 23.9. The molecule has 0 saturated carbocycles. The van der Waals surface area contributed by atoms with Gasteiger partial charge in [-0.2, -0.15) is 9.13 Å². The van der Waals surface area contributed by atoms with Crippen LogP contribution in [0, 0.1) is 0 Å². The van der Waals surface area contributed by atoms with Crippen molar-refractivity contribution in [2.75, 3.05) is 9.80 Å². The van der Waals surface area contributed by atoms with Crippen molar-refractivity contribution in [3.8, 4) is 89.8 Å². The molecule has 446 valence electrons. The maximum Gasteiger partial charge on any atom is 0.294 e. The van der Waals surface area contributed by atoms with E-state index in [2.05, 4.69) is 406 Å². The Morgan fingerprint density at radius 2 is 0.383 bits per heavy atom. The fourth-order valence-corrected chi connectivity index (χ4v) is 13.5. The summed E-state index contributed by atoms with van der Waals surface area (Å²) in [5.41, 5.74) is 27.3. The van der Waals surface area contributed by atoms with E-state index in [-0.39, 0.29) is 0 Å². The van der Waals surface area contributed by atoms with E-state index in [0.29, 0.717) is 0 Å². The second-order valence-electron chi connectivity index (χ2n) is 23.9. The largest absolute Gasteiger partial charge is 0.311 e. The first-order chi connectivity index (χ1) is 46.5. The molecule has 2 aromatic heterocycles. The zero-order valence-electron chi connectivity index (χ0n) is 52.3. The highest BCUT2D eigenvalue weighted by molar-refractivity contribution is 5.86. The van der Waals surface area contributed by atoms with Crippen LogP contribution in [0.25, 0.3) is 112 Å². The van der Waals surface area contributed by atoms with E-state index in [9.17, 15) is 0 Å². The van der Waals surface area contributed by atoms with Gasteiger partial charge in [-0.15, -0.1) is 0 Å². The van der Waals surface area contributed by atoms with Gasteiger partial charge in [0.05, 0.1) is 25.2 Å². The van der Waals surface area contributed by atoms with Crippen LogP contribution in [0.2, 0.25) is 0 Å². The highest BCUT2D eigenvalue weighted by atomic mass is 15.2. The first-order valence-corrected chi connectivity index (χ1v) is 32.1. The predicted octanol–water partition coefficient (Wildman–Crippen LogP) is 21.8. The Morgan fingerprint density at radius 1 is 0.191 bits per heavy atom. The molecule has 2 heterocycles. The number of para-hydroxylation sites is 6. The molecule has 0 aliphatic rings. The quantitative estimate of drug-likeness (QED) is 0.0956. The summed E-state index contributed by atoms with van der Waals surface area (Å²) in [5.74, 6) is 2.26. The highest BCUT2D eigenvalue weighted by Crippen LogP contribution is 2.42. The molecule has 0 atom stereocenters. The monoisotopic (exact) mass is 1210 g/mol. The van der Waals surface area contributed by atoms with Gasteiger partial charge in [0.25, 0.3) is 11.6 Å². The second kappa shape index (κ2) is 24.8. The first kappa shape index (κ1) is 56.8. The lowest BCUT2D eigenvalue weighted by Crippen LogP contribution is -2.30. The van der Waals surface area contributed by atoms with Crippen LogP contribution in [-0.4, -0.2) is 9.13 Å². The van der Waals surface area contributed by atoms with Gasteiger partial charge in [0.2, 0.25) is 0 Å². The number of imidazole rings is 2. The van der Waals surface area contributed by atoms with Gasteiger partial charge in [0.15, 0.2) is 22.1 Å². The molecule has 16 aromatic rings. The molecule has 0 aliphatic carbocycles. The number of aromatic nitrogens is 4. The van der Waals surface area contributed by atoms with Crippen LogP contribution in [0.1, 0.15) is 0 Å². The first-order valence-electron chi connectivity index (χ1n) is 32.1. The van der Waals surface area contributed by atoms with Gasteiger partial charge in [-0.05, 0) is 201 Å². The minimum Gasteiger partial charge on any atom is -0.311 e. The fraction of sp³-hybridized carbons (Fsp3) is 0.0227. The van der Waals surface area contributed by atoms with Crippen molar-refractivity contribution in [1.29, 1.82) is 0 Å². The number of hydrogen-bond donors (Lipinski definition) is 0. The molecule has 94 heavy (non-hydrogen) atoms. The average Bonchev–Trinajstić information content (AvgIpc) is 1.60. The zero-order valence-corrected chi connectivity index (χ0v) is 52.3. The molecule has 16 rings (SSSR count). The molecule has 6 heteroatoms. The van der Waals surface area contributed by atoms with E-state index in [1.54, 1.807) is 0 Å². The molecule has 0 aliphatic heterocycles. The van der Waals surface area contributed by atoms with Crippen LogP contribution in [-0.2, 0) is 14.1 Å². The Kier molecular flexibility index (Phi) is 15.0. The van der Waals surface area contributed by atoms with Gasteiger partial charge in [0.1, 0.15) is 11.4 Å². The SMILES string of the molecule is C[n+]1c(-c2ccc(-c3ccc(N(c4ccc(-c5ccccc5)cc4)c4ccc(-c5ccc(N(c6ccc(-c7ccccc7)cc6)c6ccc(-c7ccc(-c8n(-c9ccccc9)c9ccccc9[n+]8C)cc7)cc6)cc5)cc4)cc3)cc2)n(-c2ccccc2)c2ccccc21. The topological polar surface area (TPSA) is 24.1 Å². The van der Waals surface area contributed by atoms with Crippen LogP contribution in [0.4, 0.5) is 34.1 Å². The third-order valence-corrected chi connectivity index (χ3v) is 18.3. The zero-order chi connectivity index (χ0) is 62.9. The van der Waals surface area contributed by atoms with E-state index in [0.717, 1.165) is 102 Å². The Balaban J connectivity index is 0.689. The standard InChI is InChI=1S/C88H66N6/c1-89-83-27-15-17-29-85(83)93(75-23-11-5-12-24-75)87(89)73-35-31-65(32-36-73)69-43-55-79(56-44-69)91(77-51-39-67(40-52-77)63-19-7-3-8-20-63)81-59-47-71(48-60-81)72-49-61-82(62-50-72)92(78-53-41-68(42-54-78)64-21-9-4-10-22-64)80-57-45-70(46-58-80)66-33-37-74(38-34-66)88-90(2)84-28-16-18-30-86(84)94(88)76-25-13-6-14-26-76/h3-62H,1-2H3/q+2. The summed E-state index contributed by atoms with van der Waals surface area (Å²) in [4.78, 5) is 4.70. The maximum atomic E-state index is 2.36. The van der Waals surface area contributed by atoms with Crippen LogP contribution in [0.3, 0.4) is 0 Å². The normalized spacial score (nSPS) is 11.3. The molecule has 0 unspecified atom stereocenters. The summed E-state index contributed by atoms with van der Waals surface area (Å²) in [6, 6.07) is 131. The summed E-state index contributed by atoms with van der Waals surface area (Å²) in [5, 5.41) is 0. The number of aryl methyl sites for hydroxylation is 2. The average molecular weight is 1210 g/mol. The van der Waals surface area contributed by atoms with E-state index in [4.69, 9.17) is 0 Å². The van der Waals surface area contributed by atoms with Gasteiger partial charge in [-0.1, -0.05) is 218 Å². The molecule has 0 saturated heterocycles. The van der Waals surface area contributed by atoms with Gasteiger partial charge >= 0.3 is 0 Å². The third kappa shape index (κ3) is 10.8. The Labute approximate surface area is 548 Å². The van der Waals surface area contributed by atoms with Crippen LogP contribution in [0.5, 0.6) is 0 Å². The lowest BCUT2D eigenvalue weighted by Gasteiger charge is -2.27. The molecule has 0 radical (unpaired) electrons. The van der Waals surface area contributed by atoms with Gasteiger partial charge in [0, 0.05) is 34.1 Å². The number of hydrogen-bond acceptors (Lipinski definition) is 2. The van der Waals surface area contributed by atoms with Crippen molar-refractivity contribution in [3.63, 3.8) is 0 Å². The predicted molar refractivity (Wildman–Crippen MR) is 390 cm³/mol. The van der Waals surface area contributed by atoms with Crippen molar-refractivity contribution in [3.05, 3.63) is 364 Å². The summed E-state index contributed by atoms with van der Waals surface area (Å²) in [6.45, 7) is 0. The highest BCUT2D eigenvalue weighted by Gasteiger charge is 2.28. The lowest BCUT2D eigenvalue weighted by molar-refractivity contribution is -0.633. The lowest BCUT2D eigenvalue weighted by atomic mass is 10.0. The van der Waals surface area contributed by atoms with Crippen molar-refractivity contribution in [2.24, 2.45) is 14.1 Å². The molecule has 0 bridgehead atoms. The molecule has 0 amide bonds. The number of nitrogens with zero attached hydrogens (tertiary/aromatic N) is 6. The maximum absolute atomic E-state index is 2.36. The Morgan fingerprint density at radius 3 is 0.638 bits per heavy atom. The van der Waals surface area contributed by atoms with Crippen molar-refractivity contribution in [1.82, 2.24) is 9.13 Å². The fourth-order valence-electron chi connectivity index (χ4n) is 13.5. The van der Waals surface area contributed by atoms with Crippen molar-refractivity contribution < 1.29 is 9.13 Å². The minimum atomic E-state index is 1.07. The van der Waals surface area contributed by atoms with Crippen molar-refractivity contribution in [2.45, 2.75) is 0 Å². The van der Waals surface area contributed by atoms with Gasteiger partial charge in [-0.25, -0.2) is 9.13 Å². The number of anilines is 6. The number of rotatable bonds is 15. The molecule has 0 fully saturated rings. The summed E-state index contributed by atoms with van der Waals surface area (Å²) in [6.07, 6.45) is 0. The van der Waals surface area contributed by atoms with E-state index in [1.807, 2.05) is 0 Å². The summed E-state index contributed by atoms with van der Waals surface area (Å²) in [7, 11) is 4.32. The molecule has 0 spiro atoms. The minimum absolute atomic E-state index is 1.07. The third-order valence-electron chi connectivity index (χ3n) is 18.3. The molecular weight excluding hydrogens is 1140 g/mol. The Bertz CT molecular complexity index is 4940. The van der Waals surface area contributed by atoms with Crippen LogP contribution >= 0.6 is 0 Å².